The van der Waals surface area contributed by atoms with Crippen molar-refractivity contribution in [2.45, 2.75) is 19.8 Å². The number of benzene rings is 1. The molecule has 0 radical (unpaired) electrons. The SMILES string of the molecule is CCCOc1cccc2c1nc(CCCl)n2-c1ccsc1. The summed E-state index contributed by atoms with van der Waals surface area (Å²) in [6, 6.07) is 8.18. The number of aryl methyl sites for hydroxylation is 1. The number of nitrogens with zero attached hydrogens (tertiary/aromatic N) is 2. The maximum atomic E-state index is 5.94. The lowest BCUT2D eigenvalue weighted by Gasteiger charge is -2.07. The van der Waals surface area contributed by atoms with E-state index >= 15 is 0 Å². The molecule has 3 rings (SSSR count). The van der Waals surface area contributed by atoms with Crippen LogP contribution in [-0.4, -0.2) is 22.0 Å². The van der Waals surface area contributed by atoms with Crippen molar-refractivity contribution in [3.8, 4) is 11.4 Å². The molecule has 3 nitrogen and oxygen atoms in total. The molecule has 0 fully saturated rings. The lowest BCUT2D eigenvalue weighted by molar-refractivity contribution is 0.320. The van der Waals surface area contributed by atoms with Crippen molar-refractivity contribution in [3.05, 3.63) is 40.8 Å². The average Bonchev–Trinajstić information content (AvgIpc) is 3.12. The molecule has 0 aliphatic carbocycles. The number of rotatable bonds is 6. The van der Waals surface area contributed by atoms with Crippen molar-refractivity contribution in [1.29, 1.82) is 0 Å². The molecular weight excluding hydrogens is 304 g/mol. The second-order valence-corrected chi connectivity index (χ2v) is 5.91. The van der Waals surface area contributed by atoms with E-state index in [9.17, 15) is 0 Å². The summed E-state index contributed by atoms with van der Waals surface area (Å²) in [5.41, 5.74) is 3.12. The quantitative estimate of drug-likeness (QED) is 0.618. The van der Waals surface area contributed by atoms with E-state index in [-0.39, 0.29) is 0 Å². The van der Waals surface area contributed by atoms with Crippen LogP contribution in [0.25, 0.3) is 16.7 Å². The predicted octanol–water partition coefficient (Wildman–Crippen LogP) is 4.66. The van der Waals surface area contributed by atoms with E-state index in [1.54, 1.807) is 11.3 Å². The van der Waals surface area contributed by atoms with Crippen LogP contribution in [0, 0.1) is 0 Å². The molecule has 0 saturated carbocycles. The van der Waals surface area contributed by atoms with Gasteiger partial charge in [-0.05, 0) is 30.0 Å². The van der Waals surface area contributed by atoms with E-state index in [1.165, 1.54) is 0 Å². The van der Waals surface area contributed by atoms with Crippen LogP contribution in [0.3, 0.4) is 0 Å². The normalized spacial score (nSPS) is 11.1. The molecule has 2 heterocycles. The van der Waals surface area contributed by atoms with Gasteiger partial charge in [-0.1, -0.05) is 13.0 Å². The van der Waals surface area contributed by atoms with Crippen molar-refractivity contribution in [3.63, 3.8) is 0 Å². The second kappa shape index (κ2) is 6.50. The Morgan fingerprint density at radius 1 is 1.33 bits per heavy atom. The van der Waals surface area contributed by atoms with Gasteiger partial charge in [-0.25, -0.2) is 4.98 Å². The number of para-hydroxylation sites is 1. The number of hydrogen-bond donors (Lipinski definition) is 0. The summed E-state index contributed by atoms with van der Waals surface area (Å²) in [5, 5.41) is 4.20. The van der Waals surface area contributed by atoms with Crippen LogP contribution in [0.4, 0.5) is 0 Å². The third-order valence-electron chi connectivity index (χ3n) is 3.26. The minimum absolute atomic E-state index is 0.554. The first-order chi connectivity index (χ1) is 10.3. The van der Waals surface area contributed by atoms with Gasteiger partial charge in [-0.2, -0.15) is 11.3 Å². The molecule has 0 amide bonds. The highest BCUT2D eigenvalue weighted by atomic mass is 35.5. The molecule has 2 aromatic heterocycles. The van der Waals surface area contributed by atoms with E-state index in [2.05, 4.69) is 34.4 Å². The first-order valence-corrected chi connectivity index (χ1v) is 8.54. The number of thiophene rings is 1. The average molecular weight is 321 g/mol. The molecule has 5 heteroatoms. The van der Waals surface area contributed by atoms with Gasteiger partial charge in [-0.15, -0.1) is 11.6 Å². The largest absolute Gasteiger partial charge is 0.491 e. The van der Waals surface area contributed by atoms with Crippen LogP contribution in [0.15, 0.2) is 35.0 Å². The van der Waals surface area contributed by atoms with Gasteiger partial charge in [0.05, 0.1) is 17.8 Å². The van der Waals surface area contributed by atoms with Crippen LogP contribution < -0.4 is 4.74 Å². The molecule has 0 aliphatic rings. The minimum Gasteiger partial charge on any atom is -0.491 e. The molecule has 0 spiro atoms. The smallest absolute Gasteiger partial charge is 0.147 e. The van der Waals surface area contributed by atoms with Gasteiger partial charge < -0.3 is 4.74 Å². The minimum atomic E-state index is 0.554. The Labute approximate surface area is 133 Å². The summed E-state index contributed by atoms with van der Waals surface area (Å²) >= 11 is 7.62. The van der Waals surface area contributed by atoms with Crippen LogP contribution in [0.1, 0.15) is 19.2 Å². The Morgan fingerprint density at radius 3 is 2.95 bits per heavy atom. The summed E-state index contributed by atoms with van der Waals surface area (Å²) in [6.07, 6.45) is 1.72. The highest BCUT2D eigenvalue weighted by Crippen LogP contribution is 2.29. The van der Waals surface area contributed by atoms with Gasteiger partial charge in [0.15, 0.2) is 0 Å². The molecule has 0 saturated heterocycles. The summed E-state index contributed by atoms with van der Waals surface area (Å²) in [6.45, 7) is 2.80. The van der Waals surface area contributed by atoms with Crippen LogP contribution in [-0.2, 0) is 6.42 Å². The molecule has 110 valence electrons. The summed E-state index contributed by atoms with van der Waals surface area (Å²) in [4.78, 5) is 4.77. The molecule has 3 aromatic rings. The first kappa shape index (κ1) is 14.4. The number of imidazole rings is 1. The first-order valence-electron chi connectivity index (χ1n) is 7.06. The Hall–Kier alpha value is -1.52. The number of halogens is 1. The molecule has 0 atom stereocenters. The Balaban J connectivity index is 2.17. The van der Waals surface area contributed by atoms with Crippen LogP contribution >= 0.6 is 22.9 Å². The monoisotopic (exact) mass is 320 g/mol. The number of alkyl halides is 1. The molecule has 0 unspecified atom stereocenters. The highest BCUT2D eigenvalue weighted by molar-refractivity contribution is 7.08. The van der Waals surface area contributed by atoms with Crippen molar-refractivity contribution >= 4 is 34.0 Å². The third kappa shape index (κ3) is 2.78. The third-order valence-corrected chi connectivity index (χ3v) is 4.12. The maximum Gasteiger partial charge on any atom is 0.147 e. The lowest BCUT2D eigenvalue weighted by Crippen LogP contribution is -2.00. The van der Waals surface area contributed by atoms with E-state index in [0.717, 1.165) is 41.1 Å². The number of aromatic nitrogens is 2. The van der Waals surface area contributed by atoms with Crippen molar-refractivity contribution in [2.75, 3.05) is 12.5 Å². The molecule has 1 aromatic carbocycles. The zero-order valence-corrected chi connectivity index (χ0v) is 13.5. The number of ether oxygens (including phenoxy) is 1. The van der Waals surface area contributed by atoms with Gasteiger partial charge >= 0.3 is 0 Å². The second-order valence-electron chi connectivity index (χ2n) is 4.76. The van der Waals surface area contributed by atoms with E-state index in [1.807, 2.05) is 12.1 Å². The summed E-state index contributed by atoms with van der Waals surface area (Å²) in [7, 11) is 0. The number of fused-ring (bicyclic) bond motifs is 1. The fourth-order valence-electron chi connectivity index (χ4n) is 2.37. The van der Waals surface area contributed by atoms with Crippen LogP contribution in [0.5, 0.6) is 5.75 Å². The van der Waals surface area contributed by atoms with Crippen molar-refractivity contribution in [2.24, 2.45) is 0 Å². The fourth-order valence-corrected chi connectivity index (χ4v) is 3.16. The summed E-state index contributed by atoms with van der Waals surface area (Å²) < 4.78 is 8.00. The van der Waals surface area contributed by atoms with Crippen molar-refractivity contribution < 1.29 is 4.74 Å². The maximum absolute atomic E-state index is 5.94. The predicted molar refractivity (Wildman–Crippen MR) is 89.2 cm³/mol. The fraction of sp³-hybridized carbons (Fsp3) is 0.312. The summed E-state index contributed by atoms with van der Waals surface area (Å²) in [5.74, 6) is 2.38. The topological polar surface area (TPSA) is 27.1 Å². The zero-order valence-electron chi connectivity index (χ0n) is 11.9. The van der Waals surface area contributed by atoms with Crippen molar-refractivity contribution in [1.82, 2.24) is 9.55 Å². The van der Waals surface area contributed by atoms with Gasteiger partial charge in [0.25, 0.3) is 0 Å². The molecule has 21 heavy (non-hydrogen) atoms. The lowest BCUT2D eigenvalue weighted by atomic mass is 10.3. The zero-order chi connectivity index (χ0) is 14.7. The standard InChI is InChI=1S/C16H17ClN2OS/c1-2-9-20-14-5-3-4-13-16(14)18-15(6-8-17)19(13)12-7-10-21-11-12/h3-5,7,10-11H,2,6,8-9H2,1H3. The Morgan fingerprint density at radius 2 is 2.24 bits per heavy atom. The number of hydrogen-bond acceptors (Lipinski definition) is 3. The van der Waals surface area contributed by atoms with Gasteiger partial charge in [0.1, 0.15) is 17.1 Å². The molecule has 0 bridgehead atoms. The molecule has 0 aliphatic heterocycles. The van der Waals surface area contributed by atoms with E-state index < -0.39 is 0 Å². The van der Waals surface area contributed by atoms with Gasteiger partial charge in [-0.3, -0.25) is 4.57 Å². The van der Waals surface area contributed by atoms with E-state index in [0.29, 0.717) is 12.5 Å². The molecular formula is C16H17ClN2OS. The Kier molecular flexibility index (Phi) is 4.46. The highest BCUT2D eigenvalue weighted by Gasteiger charge is 2.15. The Bertz CT molecular complexity index is 721. The van der Waals surface area contributed by atoms with E-state index in [4.69, 9.17) is 21.3 Å². The van der Waals surface area contributed by atoms with Gasteiger partial charge in [0, 0.05) is 17.7 Å². The van der Waals surface area contributed by atoms with Gasteiger partial charge in [0.2, 0.25) is 0 Å². The molecule has 0 N–H and O–H groups in total. The van der Waals surface area contributed by atoms with Crippen LogP contribution in [0.2, 0.25) is 0 Å².